The number of benzene rings is 3. The number of amides is 1. The van der Waals surface area contributed by atoms with Gasteiger partial charge in [0.15, 0.2) is 18.1 Å². The minimum Gasteiger partial charge on any atom is -0.497 e. The molecule has 0 aliphatic rings. The van der Waals surface area contributed by atoms with Crippen molar-refractivity contribution in [2.24, 2.45) is 0 Å². The Kier molecular flexibility index (Phi) is 6.04. The molecule has 0 radical (unpaired) electrons. The lowest BCUT2D eigenvalue weighted by molar-refractivity contribution is -0.132. The largest absolute Gasteiger partial charge is 0.497 e. The third-order valence-electron chi connectivity index (χ3n) is 4.63. The van der Waals surface area contributed by atoms with E-state index < -0.39 is 0 Å². The number of aryl methyl sites for hydroxylation is 1. The van der Waals surface area contributed by atoms with Crippen LogP contribution in [-0.2, 0) is 11.3 Å². The number of likely N-dealkylation sites (N-methyl/N-ethyl adjacent to an activating group) is 1. The van der Waals surface area contributed by atoms with Gasteiger partial charge in [-0.15, -0.1) is 0 Å². The first-order chi connectivity index (χ1) is 13.5. The van der Waals surface area contributed by atoms with E-state index >= 15 is 0 Å². The van der Waals surface area contributed by atoms with Crippen LogP contribution in [-0.4, -0.2) is 38.7 Å². The molecule has 0 bridgehead atoms. The molecule has 0 aliphatic carbocycles. The third-order valence-corrected chi connectivity index (χ3v) is 4.63. The fourth-order valence-corrected chi connectivity index (χ4v) is 3.00. The highest BCUT2D eigenvalue weighted by atomic mass is 16.5. The van der Waals surface area contributed by atoms with Crippen LogP contribution in [0.3, 0.4) is 0 Å². The van der Waals surface area contributed by atoms with Crippen molar-refractivity contribution >= 4 is 16.7 Å². The molecule has 146 valence electrons. The highest BCUT2D eigenvalue weighted by Crippen LogP contribution is 2.28. The molecule has 0 heterocycles. The van der Waals surface area contributed by atoms with Crippen LogP contribution >= 0.6 is 0 Å². The van der Waals surface area contributed by atoms with Gasteiger partial charge < -0.3 is 19.1 Å². The predicted octanol–water partition coefficient (Wildman–Crippen LogP) is 4.20. The Hall–Kier alpha value is -3.21. The third kappa shape index (κ3) is 4.55. The molecular weight excluding hydrogens is 354 g/mol. The molecule has 0 atom stereocenters. The Morgan fingerprint density at radius 3 is 2.39 bits per heavy atom. The second kappa shape index (κ2) is 8.65. The van der Waals surface area contributed by atoms with Gasteiger partial charge >= 0.3 is 0 Å². The summed E-state index contributed by atoms with van der Waals surface area (Å²) in [4.78, 5) is 14.1. The molecule has 5 heteroatoms. The first kappa shape index (κ1) is 19.5. The molecular formula is C23H25NO4. The topological polar surface area (TPSA) is 48.0 Å². The van der Waals surface area contributed by atoms with E-state index in [2.05, 4.69) is 6.07 Å². The molecule has 0 N–H and O–H groups in total. The van der Waals surface area contributed by atoms with E-state index in [4.69, 9.17) is 14.2 Å². The van der Waals surface area contributed by atoms with E-state index in [1.165, 1.54) is 0 Å². The van der Waals surface area contributed by atoms with Crippen molar-refractivity contribution in [2.45, 2.75) is 13.5 Å². The van der Waals surface area contributed by atoms with Crippen molar-refractivity contribution < 1.29 is 19.0 Å². The number of hydrogen-bond donors (Lipinski definition) is 0. The average Bonchev–Trinajstić information content (AvgIpc) is 2.71. The van der Waals surface area contributed by atoms with Gasteiger partial charge in [-0.1, -0.05) is 24.3 Å². The Morgan fingerprint density at radius 2 is 1.64 bits per heavy atom. The lowest BCUT2D eigenvalue weighted by Gasteiger charge is -2.18. The quantitative estimate of drug-likeness (QED) is 0.617. The maximum Gasteiger partial charge on any atom is 0.260 e. The zero-order chi connectivity index (χ0) is 20.1. The van der Waals surface area contributed by atoms with Crippen molar-refractivity contribution in [1.82, 2.24) is 4.90 Å². The number of ether oxygens (including phenoxy) is 3. The smallest absolute Gasteiger partial charge is 0.260 e. The van der Waals surface area contributed by atoms with Crippen LogP contribution in [0.15, 0.2) is 54.6 Å². The van der Waals surface area contributed by atoms with Gasteiger partial charge in [0.1, 0.15) is 5.75 Å². The van der Waals surface area contributed by atoms with Crippen LogP contribution in [0.4, 0.5) is 0 Å². The molecule has 3 aromatic rings. The summed E-state index contributed by atoms with van der Waals surface area (Å²) in [5, 5.41) is 2.21. The normalized spacial score (nSPS) is 10.6. The van der Waals surface area contributed by atoms with Crippen LogP contribution in [0.1, 0.15) is 11.1 Å². The average molecular weight is 379 g/mol. The highest BCUT2D eigenvalue weighted by Gasteiger charge is 2.13. The minimum absolute atomic E-state index is 0.0410. The summed E-state index contributed by atoms with van der Waals surface area (Å²) in [5.41, 5.74) is 2.13. The number of rotatable bonds is 7. The Labute approximate surface area is 165 Å². The standard InChI is InChI=1S/C23H25NO4/c1-16-5-10-21(22(11-16)27-4)28-15-23(25)24(2)14-17-6-7-19-13-20(26-3)9-8-18(19)12-17/h5-13H,14-15H2,1-4H3. The summed E-state index contributed by atoms with van der Waals surface area (Å²) < 4.78 is 16.2. The SMILES string of the molecule is COc1ccc2cc(CN(C)C(=O)COc3ccc(C)cc3OC)ccc2c1. The molecule has 3 aromatic carbocycles. The van der Waals surface area contributed by atoms with Gasteiger partial charge in [-0.2, -0.15) is 0 Å². The van der Waals surface area contributed by atoms with Gasteiger partial charge in [-0.3, -0.25) is 4.79 Å². The number of hydrogen-bond acceptors (Lipinski definition) is 4. The van der Waals surface area contributed by atoms with Gasteiger partial charge in [0, 0.05) is 13.6 Å². The van der Waals surface area contributed by atoms with Gasteiger partial charge in [0.25, 0.3) is 5.91 Å². The Balaban J connectivity index is 1.63. The van der Waals surface area contributed by atoms with Crippen molar-refractivity contribution in [1.29, 1.82) is 0 Å². The van der Waals surface area contributed by atoms with Crippen molar-refractivity contribution in [3.63, 3.8) is 0 Å². The molecule has 0 aromatic heterocycles. The molecule has 0 fully saturated rings. The van der Waals surface area contributed by atoms with Crippen LogP contribution in [0.25, 0.3) is 10.8 Å². The van der Waals surface area contributed by atoms with E-state index in [9.17, 15) is 4.79 Å². The van der Waals surface area contributed by atoms with Gasteiger partial charge in [-0.25, -0.2) is 0 Å². The van der Waals surface area contributed by atoms with E-state index in [0.29, 0.717) is 18.0 Å². The lowest BCUT2D eigenvalue weighted by Crippen LogP contribution is -2.31. The summed E-state index contributed by atoms with van der Waals surface area (Å²) in [6.45, 7) is 2.45. The van der Waals surface area contributed by atoms with Gasteiger partial charge in [0.2, 0.25) is 0 Å². The van der Waals surface area contributed by atoms with E-state index in [1.54, 1.807) is 26.2 Å². The van der Waals surface area contributed by atoms with Gasteiger partial charge in [0.05, 0.1) is 14.2 Å². The van der Waals surface area contributed by atoms with Crippen LogP contribution < -0.4 is 14.2 Å². The summed E-state index contributed by atoms with van der Waals surface area (Å²) >= 11 is 0. The van der Waals surface area contributed by atoms with E-state index in [0.717, 1.165) is 27.6 Å². The maximum atomic E-state index is 12.5. The number of fused-ring (bicyclic) bond motifs is 1. The Morgan fingerprint density at radius 1 is 0.893 bits per heavy atom. The van der Waals surface area contributed by atoms with Crippen molar-refractivity contribution in [2.75, 3.05) is 27.9 Å². The summed E-state index contributed by atoms with van der Waals surface area (Å²) in [7, 11) is 5.02. The van der Waals surface area contributed by atoms with E-state index in [-0.39, 0.29) is 12.5 Å². The molecule has 28 heavy (non-hydrogen) atoms. The molecule has 0 spiro atoms. The van der Waals surface area contributed by atoms with Crippen LogP contribution in [0.2, 0.25) is 0 Å². The summed E-state index contributed by atoms with van der Waals surface area (Å²) in [6, 6.07) is 17.7. The van der Waals surface area contributed by atoms with Crippen LogP contribution in [0.5, 0.6) is 17.2 Å². The molecule has 3 rings (SSSR count). The van der Waals surface area contributed by atoms with Crippen LogP contribution in [0, 0.1) is 6.92 Å². The summed E-state index contributed by atoms with van der Waals surface area (Å²) in [5.74, 6) is 1.92. The second-order valence-corrected chi connectivity index (χ2v) is 6.74. The first-order valence-corrected chi connectivity index (χ1v) is 9.08. The fraction of sp³-hybridized carbons (Fsp3) is 0.261. The second-order valence-electron chi connectivity index (χ2n) is 6.74. The minimum atomic E-state index is -0.0996. The van der Waals surface area contributed by atoms with Crippen molar-refractivity contribution in [3.8, 4) is 17.2 Å². The number of carbonyl (C=O) groups is 1. The Bertz CT molecular complexity index is 983. The summed E-state index contributed by atoms with van der Waals surface area (Å²) in [6.07, 6.45) is 0. The number of carbonyl (C=O) groups excluding carboxylic acids is 1. The fourth-order valence-electron chi connectivity index (χ4n) is 3.00. The van der Waals surface area contributed by atoms with Crippen molar-refractivity contribution in [3.05, 3.63) is 65.7 Å². The molecule has 0 saturated heterocycles. The van der Waals surface area contributed by atoms with Gasteiger partial charge in [-0.05, 0) is 59.2 Å². The molecule has 0 aliphatic heterocycles. The molecule has 0 unspecified atom stereocenters. The van der Waals surface area contributed by atoms with E-state index in [1.807, 2.05) is 55.5 Å². The molecule has 0 saturated carbocycles. The molecule has 1 amide bonds. The maximum absolute atomic E-state index is 12.5. The first-order valence-electron chi connectivity index (χ1n) is 9.08. The monoisotopic (exact) mass is 379 g/mol. The number of methoxy groups -OCH3 is 2. The lowest BCUT2D eigenvalue weighted by atomic mass is 10.1. The zero-order valence-corrected chi connectivity index (χ0v) is 16.7. The molecule has 5 nitrogen and oxygen atoms in total. The number of nitrogens with zero attached hydrogens (tertiary/aromatic N) is 1. The highest BCUT2D eigenvalue weighted by molar-refractivity contribution is 5.84. The predicted molar refractivity (Wildman–Crippen MR) is 110 cm³/mol. The zero-order valence-electron chi connectivity index (χ0n) is 16.7.